The van der Waals surface area contributed by atoms with E-state index < -0.39 is 0 Å². The Morgan fingerprint density at radius 1 is 1.29 bits per heavy atom. The highest BCUT2D eigenvalue weighted by Crippen LogP contribution is 2.25. The number of hydrogen-bond donors (Lipinski definition) is 1. The van der Waals surface area contributed by atoms with Crippen LogP contribution in [0.5, 0.6) is 0 Å². The first kappa shape index (κ1) is 12.1. The van der Waals surface area contributed by atoms with Gasteiger partial charge in [-0.3, -0.25) is 0 Å². The Balaban J connectivity index is 2.48. The van der Waals surface area contributed by atoms with Crippen LogP contribution in [0, 0.1) is 0 Å². The molecule has 0 saturated heterocycles. The van der Waals surface area contributed by atoms with E-state index in [1.54, 1.807) is 0 Å². The molecule has 2 N–H and O–H groups in total. The standard InChI is InChI=1S/C14H20N2O/c1-10(2)17-9-12-8-16(3)13-6-4-5-11(7-15)14(12)13/h4-6,8,10H,7,9,15H2,1-3H3. The maximum absolute atomic E-state index is 5.80. The van der Waals surface area contributed by atoms with Gasteiger partial charge >= 0.3 is 0 Å². The molecular weight excluding hydrogens is 212 g/mol. The van der Waals surface area contributed by atoms with Gasteiger partial charge in [0.15, 0.2) is 0 Å². The fourth-order valence-corrected chi connectivity index (χ4v) is 2.16. The molecule has 1 aromatic heterocycles. The van der Waals surface area contributed by atoms with Crippen LogP contribution in [0.25, 0.3) is 10.9 Å². The molecule has 0 atom stereocenters. The Morgan fingerprint density at radius 3 is 2.71 bits per heavy atom. The zero-order chi connectivity index (χ0) is 12.4. The van der Waals surface area contributed by atoms with Crippen molar-refractivity contribution >= 4 is 10.9 Å². The molecule has 1 aromatic carbocycles. The minimum atomic E-state index is 0.246. The lowest BCUT2D eigenvalue weighted by molar-refractivity contribution is 0.0663. The maximum Gasteiger partial charge on any atom is 0.0741 e. The average Bonchev–Trinajstić information content (AvgIpc) is 2.64. The van der Waals surface area contributed by atoms with Gasteiger partial charge in [-0.25, -0.2) is 0 Å². The van der Waals surface area contributed by atoms with Crippen LogP contribution < -0.4 is 5.73 Å². The van der Waals surface area contributed by atoms with Crippen molar-refractivity contribution in [3.05, 3.63) is 35.5 Å². The van der Waals surface area contributed by atoms with Crippen molar-refractivity contribution in [1.82, 2.24) is 4.57 Å². The number of ether oxygens (including phenoxy) is 1. The SMILES string of the molecule is CC(C)OCc1cn(C)c2cccc(CN)c12. The number of benzene rings is 1. The summed E-state index contributed by atoms with van der Waals surface area (Å²) in [5.74, 6) is 0. The molecule has 1 heterocycles. The average molecular weight is 232 g/mol. The zero-order valence-corrected chi connectivity index (χ0v) is 10.7. The van der Waals surface area contributed by atoms with E-state index in [0.29, 0.717) is 13.2 Å². The number of aromatic nitrogens is 1. The van der Waals surface area contributed by atoms with Crippen LogP contribution in [0.1, 0.15) is 25.0 Å². The van der Waals surface area contributed by atoms with Gasteiger partial charge < -0.3 is 15.0 Å². The van der Waals surface area contributed by atoms with Gasteiger partial charge in [0.25, 0.3) is 0 Å². The van der Waals surface area contributed by atoms with Crippen molar-refractivity contribution in [3.63, 3.8) is 0 Å². The summed E-state index contributed by atoms with van der Waals surface area (Å²) in [7, 11) is 2.06. The van der Waals surface area contributed by atoms with Gasteiger partial charge in [-0.2, -0.15) is 0 Å². The molecule has 2 rings (SSSR count). The van der Waals surface area contributed by atoms with Gasteiger partial charge in [-0.05, 0) is 25.5 Å². The fraction of sp³-hybridized carbons (Fsp3) is 0.429. The van der Waals surface area contributed by atoms with Gasteiger partial charge in [0.05, 0.1) is 12.7 Å². The van der Waals surface area contributed by atoms with Crippen LogP contribution >= 0.6 is 0 Å². The second-order valence-corrected chi connectivity index (χ2v) is 4.64. The molecule has 0 bridgehead atoms. The monoisotopic (exact) mass is 232 g/mol. The largest absolute Gasteiger partial charge is 0.374 e. The maximum atomic E-state index is 5.80. The van der Waals surface area contributed by atoms with Crippen molar-refractivity contribution in [2.45, 2.75) is 33.1 Å². The van der Waals surface area contributed by atoms with E-state index in [4.69, 9.17) is 10.5 Å². The number of rotatable bonds is 4. The van der Waals surface area contributed by atoms with E-state index in [2.05, 4.69) is 49.9 Å². The molecule has 0 fully saturated rings. The predicted molar refractivity (Wildman–Crippen MR) is 70.7 cm³/mol. The van der Waals surface area contributed by atoms with Crippen LogP contribution in [-0.2, 0) is 24.9 Å². The molecule has 0 aliphatic carbocycles. The number of nitrogens with zero attached hydrogens (tertiary/aromatic N) is 1. The zero-order valence-electron chi connectivity index (χ0n) is 10.7. The topological polar surface area (TPSA) is 40.2 Å². The number of fused-ring (bicyclic) bond motifs is 1. The Labute approximate surface area is 102 Å². The third-order valence-corrected chi connectivity index (χ3v) is 2.97. The lowest BCUT2D eigenvalue weighted by atomic mass is 10.1. The molecule has 0 radical (unpaired) electrons. The molecule has 17 heavy (non-hydrogen) atoms. The molecule has 0 aliphatic rings. The summed E-state index contributed by atoms with van der Waals surface area (Å²) in [6.45, 7) is 5.31. The minimum absolute atomic E-state index is 0.246. The van der Waals surface area contributed by atoms with E-state index in [0.717, 1.165) is 0 Å². The van der Waals surface area contributed by atoms with Crippen LogP contribution in [0.15, 0.2) is 24.4 Å². The molecule has 2 aromatic rings. The summed E-state index contributed by atoms with van der Waals surface area (Å²) >= 11 is 0. The highest BCUT2D eigenvalue weighted by atomic mass is 16.5. The lowest BCUT2D eigenvalue weighted by Gasteiger charge is -2.08. The molecule has 0 spiro atoms. The van der Waals surface area contributed by atoms with Gasteiger partial charge in [0.2, 0.25) is 0 Å². The van der Waals surface area contributed by atoms with E-state index in [1.807, 2.05) is 0 Å². The summed E-state index contributed by atoms with van der Waals surface area (Å²) in [5, 5.41) is 1.25. The molecule has 3 heteroatoms. The predicted octanol–water partition coefficient (Wildman–Crippen LogP) is 2.56. The molecule has 0 amide bonds. The van der Waals surface area contributed by atoms with Crippen molar-refractivity contribution in [1.29, 1.82) is 0 Å². The molecule has 0 aliphatic heterocycles. The van der Waals surface area contributed by atoms with Gasteiger partial charge in [0, 0.05) is 36.3 Å². The smallest absolute Gasteiger partial charge is 0.0741 e. The van der Waals surface area contributed by atoms with Gasteiger partial charge in [0.1, 0.15) is 0 Å². The number of aryl methyl sites for hydroxylation is 1. The van der Waals surface area contributed by atoms with Crippen molar-refractivity contribution in [2.75, 3.05) is 0 Å². The second-order valence-electron chi connectivity index (χ2n) is 4.64. The number of nitrogens with two attached hydrogens (primary N) is 1. The second kappa shape index (κ2) is 4.90. The fourth-order valence-electron chi connectivity index (χ4n) is 2.16. The quantitative estimate of drug-likeness (QED) is 0.880. The first-order chi connectivity index (χ1) is 8.13. The molecule has 0 saturated carbocycles. The van der Waals surface area contributed by atoms with Gasteiger partial charge in [-0.1, -0.05) is 12.1 Å². The lowest BCUT2D eigenvalue weighted by Crippen LogP contribution is -2.03. The van der Waals surface area contributed by atoms with Crippen LogP contribution in [0.2, 0.25) is 0 Å². The first-order valence-electron chi connectivity index (χ1n) is 6.01. The third-order valence-electron chi connectivity index (χ3n) is 2.97. The molecule has 0 unspecified atom stereocenters. The Morgan fingerprint density at radius 2 is 2.06 bits per heavy atom. The van der Waals surface area contributed by atoms with E-state index in [1.165, 1.54) is 22.0 Å². The van der Waals surface area contributed by atoms with Crippen molar-refractivity contribution < 1.29 is 4.74 Å². The van der Waals surface area contributed by atoms with Crippen molar-refractivity contribution in [3.8, 4) is 0 Å². The summed E-state index contributed by atoms with van der Waals surface area (Å²) in [4.78, 5) is 0. The first-order valence-corrected chi connectivity index (χ1v) is 6.01. The Bertz CT molecular complexity index is 514. The normalized spacial score (nSPS) is 11.6. The Kier molecular flexibility index (Phi) is 3.50. The van der Waals surface area contributed by atoms with E-state index in [-0.39, 0.29) is 6.10 Å². The van der Waals surface area contributed by atoms with Crippen LogP contribution in [0.4, 0.5) is 0 Å². The summed E-state index contributed by atoms with van der Waals surface area (Å²) in [6, 6.07) is 6.26. The van der Waals surface area contributed by atoms with Gasteiger partial charge in [-0.15, -0.1) is 0 Å². The van der Waals surface area contributed by atoms with E-state index >= 15 is 0 Å². The minimum Gasteiger partial charge on any atom is -0.374 e. The Hall–Kier alpha value is -1.32. The summed E-state index contributed by atoms with van der Waals surface area (Å²) in [6.07, 6.45) is 2.38. The van der Waals surface area contributed by atoms with Crippen molar-refractivity contribution in [2.24, 2.45) is 12.8 Å². The molecular formula is C14H20N2O. The number of hydrogen-bond acceptors (Lipinski definition) is 2. The van der Waals surface area contributed by atoms with E-state index in [9.17, 15) is 0 Å². The highest BCUT2D eigenvalue weighted by molar-refractivity contribution is 5.87. The highest BCUT2D eigenvalue weighted by Gasteiger charge is 2.10. The molecule has 92 valence electrons. The summed E-state index contributed by atoms with van der Waals surface area (Å²) in [5.41, 5.74) is 9.42. The third kappa shape index (κ3) is 2.35. The summed E-state index contributed by atoms with van der Waals surface area (Å²) < 4.78 is 7.83. The van der Waals surface area contributed by atoms with Crippen LogP contribution in [0.3, 0.4) is 0 Å². The molecule has 3 nitrogen and oxygen atoms in total. The van der Waals surface area contributed by atoms with Crippen LogP contribution in [-0.4, -0.2) is 10.7 Å².